The first-order valence-electron chi connectivity index (χ1n) is 12.2. The van der Waals surface area contributed by atoms with E-state index in [-0.39, 0.29) is 30.8 Å². The summed E-state index contributed by atoms with van der Waals surface area (Å²) in [5.41, 5.74) is 3.51. The number of aromatic nitrogens is 6. The van der Waals surface area contributed by atoms with Crippen molar-refractivity contribution in [3.63, 3.8) is 0 Å². The fourth-order valence-electron chi connectivity index (χ4n) is 4.97. The van der Waals surface area contributed by atoms with Gasteiger partial charge in [-0.3, -0.25) is 4.90 Å². The lowest BCUT2D eigenvalue weighted by molar-refractivity contribution is -0.131. The van der Waals surface area contributed by atoms with Gasteiger partial charge in [0, 0.05) is 18.3 Å². The van der Waals surface area contributed by atoms with Gasteiger partial charge in [-0.05, 0) is 37.1 Å². The monoisotopic (exact) mass is 516 g/mol. The molecule has 3 aromatic heterocycles. The number of ether oxygens (including phenoxy) is 2. The first kappa shape index (κ1) is 23.9. The zero-order chi connectivity index (χ0) is 25.7. The summed E-state index contributed by atoms with van der Waals surface area (Å²) in [6, 6.07) is 5.92. The van der Waals surface area contributed by atoms with Crippen LogP contribution < -0.4 is 10.1 Å². The maximum atomic E-state index is 15.0. The molecule has 2 fully saturated rings. The molecular weight excluding hydrogens is 489 g/mol. The summed E-state index contributed by atoms with van der Waals surface area (Å²) in [5, 5.41) is 15.5. The summed E-state index contributed by atoms with van der Waals surface area (Å²) in [7, 11) is 1.47. The van der Waals surface area contributed by atoms with E-state index in [9.17, 15) is 13.2 Å². The Bertz CT molecular complexity index is 1440. The van der Waals surface area contributed by atoms with Crippen molar-refractivity contribution < 1.29 is 22.6 Å². The first-order valence-corrected chi connectivity index (χ1v) is 12.2. The zero-order valence-electron chi connectivity index (χ0n) is 20.4. The van der Waals surface area contributed by atoms with Gasteiger partial charge < -0.3 is 14.8 Å². The highest BCUT2D eigenvalue weighted by Gasteiger charge is 2.47. The van der Waals surface area contributed by atoms with Crippen LogP contribution in [0, 0.1) is 0 Å². The molecule has 2 atom stereocenters. The Morgan fingerprint density at radius 3 is 2.81 bits per heavy atom. The van der Waals surface area contributed by atoms with Crippen molar-refractivity contribution in [2.45, 2.75) is 37.4 Å². The standard InChI is InChI=1S/C24H27F3N8O2/c1-14(10-25)35-19-9-15(3-4-18(19)30-32-35)17-5-8-34-21(17)22(36-2)29-23(31-34)28-20-6-7-33(13-24(20,26)27)16-11-37-12-16/h3-5,8-9,14,16,20H,6-7,10-13H2,1-2H3,(H,28,31)/t14-,20+/m0/s1. The molecule has 0 aliphatic carbocycles. The van der Waals surface area contributed by atoms with Gasteiger partial charge in [-0.1, -0.05) is 11.3 Å². The Morgan fingerprint density at radius 1 is 1.27 bits per heavy atom. The molecule has 0 spiro atoms. The average molecular weight is 517 g/mol. The van der Waals surface area contributed by atoms with Crippen LogP contribution in [0.3, 0.4) is 0 Å². The van der Waals surface area contributed by atoms with Crippen molar-refractivity contribution in [3.05, 3.63) is 30.5 Å². The maximum absolute atomic E-state index is 15.0. The van der Waals surface area contributed by atoms with Gasteiger partial charge in [-0.25, -0.2) is 22.4 Å². The lowest BCUT2D eigenvalue weighted by atomic mass is 9.98. The number of fused-ring (bicyclic) bond motifs is 2. The molecule has 4 aromatic rings. The third kappa shape index (κ3) is 4.15. The van der Waals surface area contributed by atoms with E-state index in [1.165, 1.54) is 7.11 Å². The van der Waals surface area contributed by atoms with E-state index >= 15 is 0 Å². The van der Waals surface area contributed by atoms with Gasteiger partial charge in [0.2, 0.25) is 11.8 Å². The van der Waals surface area contributed by atoms with Crippen LogP contribution in [-0.4, -0.2) is 92.6 Å². The Labute approximate surface area is 210 Å². The summed E-state index contributed by atoms with van der Waals surface area (Å²) >= 11 is 0. The van der Waals surface area contributed by atoms with Crippen molar-refractivity contribution in [2.75, 3.05) is 45.4 Å². The quantitative estimate of drug-likeness (QED) is 0.400. The van der Waals surface area contributed by atoms with Crippen molar-refractivity contribution in [1.29, 1.82) is 0 Å². The van der Waals surface area contributed by atoms with E-state index in [1.807, 2.05) is 24.3 Å². The Morgan fingerprint density at radius 2 is 2.11 bits per heavy atom. The van der Waals surface area contributed by atoms with Crippen molar-refractivity contribution in [3.8, 4) is 17.0 Å². The first-order chi connectivity index (χ1) is 17.9. The number of piperidine rings is 1. The molecule has 1 aromatic carbocycles. The van der Waals surface area contributed by atoms with Gasteiger partial charge in [-0.2, -0.15) is 4.98 Å². The largest absolute Gasteiger partial charge is 0.479 e. The van der Waals surface area contributed by atoms with Crippen LogP contribution in [0.25, 0.3) is 27.7 Å². The van der Waals surface area contributed by atoms with E-state index in [2.05, 4.69) is 25.7 Å². The molecular formula is C24H27F3N8O2. The van der Waals surface area contributed by atoms with E-state index in [4.69, 9.17) is 9.47 Å². The second-order valence-corrected chi connectivity index (χ2v) is 9.62. The van der Waals surface area contributed by atoms with Gasteiger partial charge in [-0.15, -0.1) is 10.2 Å². The molecule has 196 valence electrons. The van der Waals surface area contributed by atoms with Crippen molar-refractivity contribution in [2.24, 2.45) is 0 Å². The number of halogens is 3. The number of likely N-dealkylation sites (tertiary alicyclic amines) is 1. The second kappa shape index (κ2) is 9.14. The summed E-state index contributed by atoms with van der Waals surface area (Å²) in [6.07, 6.45) is 1.98. The minimum absolute atomic E-state index is 0.0612. The van der Waals surface area contributed by atoms with Crippen LogP contribution in [-0.2, 0) is 4.74 Å². The molecule has 2 saturated heterocycles. The number of hydrogen-bond acceptors (Lipinski definition) is 8. The molecule has 5 heterocycles. The molecule has 37 heavy (non-hydrogen) atoms. The Hall–Kier alpha value is -3.45. The fraction of sp³-hybridized carbons (Fsp3) is 0.500. The molecule has 13 heteroatoms. The molecule has 6 rings (SSSR count). The van der Waals surface area contributed by atoms with Crippen molar-refractivity contribution in [1.82, 2.24) is 34.5 Å². The zero-order valence-corrected chi connectivity index (χ0v) is 20.4. The van der Waals surface area contributed by atoms with E-state index in [1.54, 1.807) is 27.2 Å². The molecule has 0 saturated carbocycles. The number of benzene rings is 1. The fourth-order valence-corrected chi connectivity index (χ4v) is 4.97. The van der Waals surface area contributed by atoms with Crippen LogP contribution in [0.5, 0.6) is 5.88 Å². The van der Waals surface area contributed by atoms with Crippen LogP contribution in [0.2, 0.25) is 0 Å². The molecule has 10 nitrogen and oxygen atoms in total. The molecule has 0 unspecified atom stereocenters. The van der Waals surface area contributed by atoms with Gasteiger partial charge in [0.1, 0.15) is 17.7 Å². The molecule has 1 N–H and O–H groups in total. The second-order valence-electron chi connectivity index (χ2n) is 9.62. The average Bonchev–Trinajstić information content (AvgIpc) is 3.47. The van der Waals surface area contributed by atoms with E-state index < -0.39 is 24.7 Å². The van der Waals surface area contributed by atoms with Crippen LogP contribution in [0.1, 0.15) is 19.4 Å². The lowest BCUT2D eigenvalue weighted by Crippen LogP contribution is -2.61. The number of anilines is 1. The summed E-state index contributed by atoms with van der Waals surface area (Å²) in [4.78, 5) is 6.21. The number of methoxy groups -OCH3 is 1. The summed E-state index contributed by atoms with van der Waals surface area (Å²) in [5.74, 6) is -2.65. The topological polar surface area (TPSA) is 94.6 Å². The molecule has 0 bridgehead atoms. The van der Waals surface area contributed by atoms with Gasteiger partial charge in [0.15, 0.2) is 0 Å². The summed E-state index contributed by atoms with van der Waals surface area (Å²) < 4.78 is 57.1. The van der Waals surface area contributed by atoms with E-state index in [0.29, 0.717) is 36.3 Å². The summed E-state index contributed by atoms with van der Waals surface area (Å²) in [6.45, 7) is 2.38. The van der Waals surface area contributed by atoms with Crippen LogP contribution in [0.15, 0.2) is 30.5 Å². The highest BCUT2D eigenvalue weighted by molar-refractivity contribution is 5.89. The number of rotatable bonds is 7. The molecule has 2 aliphatic heterocycles. The third-order valence-corrected chi connectivity index (χ3v) is 7.16. The predicted octanol–water partition coefficient (Wildman–Crippen LogP) is 3.20. The maximum Gasteiger partial charge on any atom is 0.280 e. The van der Waals surface area contributed by atoms with Crippen molar-refractivity contribution >= 4 is 22.5 Å². The van der Waals surface area contributed by atoms with Gasteiger partial charge in [0.25, 0.3) is 5.92 Å². The lowest BCUT2D eigenvalue weighted by Gasteiger charge is -2.44. The van der Waals surface area contributed by atoms with Gasteiger partial charge in [0.05, 0.1) is 50.5 Å². The minimum atomic E-state index is -2.95. The normalized spacial score (nSPS) is 21.3. The SMILES string of the molecule is COc1nc(N[C@@H]2CCN(C3COC3)CC2(F)F)nn2ccc(-c3ccc4nnn([C@@H](C)CF)c4c3)c12. The molecule has 0 radical (unpaired) electrons. The minimum Gasteiger partial charge on any atom is -0.479 e. The molecule has 2 aliphatic rings. The number of alkyl halides is 3. The molecule has 0 amide bonds. The highest BCUT2D eigenvalue weighted by Crippen LogP contribution is 2.35. The van der Waals surface area contributed by atoms with Crippen LogP contribution >= 0.6 is 0 Å². The van der Waals surface area contributed by atoms with E-state index in [0.717, 1.165) is 11.1 Å². The Kier molecular flexibility index (Phi) is 5.91. The highest BCUT2D eigenvalue weighted by atomic mass is 19.3. The number of nitrogens with one attached hydrogen (secondary N) is 1. The number of nitrogens with zero attached hydrogens (tertiary/aromatic N) is 7. The Balaban J connectivity index is 1.31. The predicted molar refractivity (Wildman–Crippen MR) is 130 cm³/mol. The third-order valence-electron chi connectivity index (χ3n) is 7.16. The van der Waals surface area contributed by atoms with Gasteiger partial charge >= 0.3 is 0 Å². The van der Waals surface area contributed by atoms with Crippen LogP contribution in [0.4, 0.5) is 19.1 Å². The smallest absolute Gasteiger partial charge is 0.280 e. The number of hydrogen-bond donors (Lipinski definition) is 1.